The van der Waals surface area contributed by atoms with Gasteiger partial charge in [-0.1, -0.05) is 36.9 Å². The predicted molar refractivity (Wildman–Crippen MR) is 208 cm³/mol. The maximum absolute atomic E-state index is 13.8. The third kappa shape index (κ3) is 7.60. The van der Waals surface area contributed by atoms with Gasteiger partial charge in [0, 0.05) is 55.6 Å². The molecule has 3 heterocycles. The number of allylic oxidation sites excluding steroid dienone is 1. The van der Waals surface area contributed by atoms with Crippen LogP contribution in [0.3, 0.4) is 0 Å². The Balaban J connectivity index is 0.778. The van der Waals surface area contributed by atoms with Gasteiger partial charge in [0.05, 0.1) is 6.61 Å². The van der Waals surface area contributed by atoms with Gasteiger partial charge in [-0.15, -0.1) is 0 Å². The number of aryl methyl sites for hydroxylation is 1. The van der Waals surface area contributed by atoms with Crippen molar-refractivity contribution in [2.24, 2.45) is 0 Å². The fourth-order valence-corrected chi connectivity index (χ4v) is 8.93. The van der Waals surface area contributed by atoms with Crippen molar-refractivity contribution in [2.45, 2.75) is 69.4 Å². The number of carbonyl (C=O) groups is 2. The highest BCUT2D eigenvalue weighted by Gasteiger charge is 2.38. The van der Waals surface area contributed by atoms with E-state index in [1.54, 1.807) is 23.1 Å². The van der Waals surface area contributed by atoms with Crippen LogP contribution in [0.4, 0.5) is 10.1 Å². The maximum Gasteiger partial charge on any atom is 0.255 e. The van der Waals surface area contributed by atoms with Crippen molar-refractivity contribution in [3.05, 3.63) is 136 Å². The van der Waals surface area contributed by atoms with Gasteiger partial charge in [-0.2, -0.15) is 0 Å². The zero-order valence-corrected chi connectivity index (χ0v) is 30.8. The molecule has 9 heteroatoms. The first kappa shape index (κ1) is 35.9. The van der Waals surface area contributed by atoms with Gasteiger partial charge < -0.3 is 25.0 Å². The monoisotopic (exact) mass is 728 g/mol. The molecule has 2 fully saturated rings. The van der Waals surface area contributed by atoms with Crippen LogP contribution in [0.25, 0.3) is 0 Å². The summed E-state index contributed by atoms with van der Waals surface area (Å²) >= 11 is 0. The summed E-state index contributed by atoms with van der Waals surface area (Å²) in [6.45, 7) is 9.99. The van der Waals surface area contributed by atoms with Crippen LogP contribution in [-0.4, -0.2) is 72.1 Å². The van der Waals surface area contributed by atoms with Gasteiger partial charge in [0.1, 0.15) is 23.4 Å². The number of hydrogen-bond acceptors (Lipinski definition) is 6. The fourth-order valence-electron chi connectivity index (χ4n) is 8.93. The van der Waals surface area contributed by atoms with Crippen molar-refractivity contribution in [3.8, 4) is 11.5 Å². The van der Waals surface area contributed by atoms with E-state index in [1.165, 1.54) is 16.7 Å². The number of hydrogen-bond donors (Lipinski definition) is 2. The zero-order valence-electron chi connectivity index (χ0n) is 30.8. The van der Waals surface area contributed by atoms with Crippen molar-refractivity contribution >= 4 is 17.5 Å². The summed E-state index contributed by atoms with van der Waals surface area (Å²) in [5.74, 6) is 1.07. The van der Waals surface area contributed by atoms with Crippen LogP contribution in [-0.2, 0) is 17.8 Å². The van der Waals surface area contributed by atoms with Crippen LogP contribution in [0.2, 0.25) is 0 Å². The van der Waals surface area contributed by atoms with Gasteiger partial charge in [0.15, 0.2) is 0 Å². The normalized spacial score (nSPS) is 21.5. The predicted octanol–water partition coefficient (Wildman–Crippen LogP) is 7.51. The number of phenolic OH excluding ortho intramolecular Hbond substituents is 1. The number of benzene rings is 4. The van der Waals surface area contributed by atoms with Crippen molar-refractivity contribution < 1.29 is 23.8 Å². The molecule has 4 aromatic carbocycles. The van der Waals surface area contributed by atoms with E-state index in [0.29, 0.717) is 37.3 Å². The number of phenols is 1. The number of nitrogens with zero attached hydrogens (tertiary/aromatic N) is 3. The molecule has 2 amide bonds. The number of carbonyl (C=O) groups excluding carboxylic acids is 2. The van der Waals surface area contributed by atoms with E-state index in [9.17, 15) is 19.1 Å². The SMILES string of the molecule is C=C1CCC(N2Cc3cc(N4CCN(CCCCCOc5ccc([C@@H]6c7ccc(O)cc7CC[C@@H]6c6ccc(F)cc6)cc5)CC4)ccc3C2=O)C(=O)N1. The summed E-state index contributed by atoms with van der Waals surface area (Å²) in [7, 11) is 0. The summed E-state index contributed by atoms with van der Waals surface area (Å²) in [4.78, 5) is 32.4. The van der Waals surface area contributed by atoms with Gasteiger partial charge in [0.2, 0.25) is 5.91 Å². The lowest BCUT2D eigenvalue weighted by Crippen LogP contribution is -2.49. The van der Waals surface area contributed by atoms with E-state index in [1.807, 2.05) is 30.3 Å². The molecule has 8 rings (SSSR count). The van der Waals surface area contributed by atoms with Crippen molar-refractivity contribution in [1.82, 2.24) is 15.1 Å². The number of fused-ring (bicyclic) bond motifs is 2. The molecule has 2 saturated heterocycles. The number of amides is 2. The molecule has 1 aliphatic carbocycles. The lowest BCUT2D eigenvalue weighted by Gasteiger charge is -2.36. The van der Waals surface area contributed by atoms with E-state index in [-0.39, 0.29) is 29.5 Å². The Kier molecular flexibility index (Phi) is 10.4. The summed E-state index contributed by atoms with van der Waals surface area (Å²) in [6.07, 6.45) is 6.35. The van der Waals surface area contributed by atoms with E-state index in [2.05, 4.69) is 58.1 Å². The van der Waals surface area contributed by atoms with Crippen LogP contribution in [0.15, 0.2) is 97.2 Å². The molecular formula is C45H49FN4O4. The second kappa shape index (κ2) is 15.7. The molecule has 0 aromatic heterocycles. The Labute approximate surface area is 317 Å². The molecule has 0 radical (unpaired) electrons. The number of ether oxygens (including phenoxy) is 1. The molecule has 280 valence electrons. The van der Waals surface area contributed by atoms with E-state index >= 15 is 0 Å². The van der Waals surface area contributed by atoms with E-state index in [0.717, 1.165) is 93.1 Å². The Bertz CT molecular complexity index is 2010. The van der Waals surface area contributed by atoms with Crippen LogP contribution in [0.1, 0.15) is 88.5 Å². The smallest absolute Gasteiger partial charge is 0.255 e. The van der Waals surface area contributed by atoms with Crippen LogP contribution in [0, 0.1) is 5.82 Å². The van der Waals surface area contributed by atoms with Gasteiger partial charge in [-0.25, -0.2) is 4.39 Å². The molecule has 3 aliphatic heterocycles. The second-order valence-corrected chi connectivity index (χ2v) is 15.3. The quantitative estimate of drug-likeness (QED) is 0.156. The van der Waals surface area contributed by atoms with Gasteiger partial charge in [-0.3, -0.25) is 14.5 Å². The second-order valence-electron chi connectivity index (χ2n) is 15.3. The fraction of sp³-hybridized carbons (Fsp3) is 0.378. The van der Waals surface area contributed by atoms with Gasteiger partial charge in [-0.05, 0) is 140 Å². The molecule has 8 nitrogen and oxygen atoms in total. The summed E-state index contributed by atoms with van der Waals surface area (Å²) in [5.41, 5.74) is 8.29. The lowest BCUT2D eigenvalue weighted by molar-refractivity contribution is -0.126. The Morgan fingerprint density at radius 2 is 1.59 bits per heavy atom. The third-order valence-corrected chi connectivity index (χ3v) is 11.9. The summed E-state index contributed by atoms with van der Waals surface area (Å²) < 4.78 is 19.9. The van der Waals surface area contributed by atoms with E-state index < -0.39 is 6.04 Å². The summed E-state index contributed by atoms with van der Waals surface area (Å²) in [6, 6.07) is 26.7. The Hall–Kier alpha value is -5.15. The number of piperazine rings is 1. The number of nitrogens with one attached hydrogen (secondary N) is 1. The highest BCUT2D eigenvalue weighted by molar-refractivity contribution is 6.01. The van der Waals surface area contributed by atoms with Crippen molar-refractivity contribution in [1.29, 1.82) is 0 Å². The molecule has 4 aromatic rings. The highest BCUT2D eigenvalue weighted by Crippen LogP contribution is 2.47. The molecular weight excluding hydrogens is 680 g/mol. The average molecular weight is 729 g/mol. The largest absolute Gasteiger partial charge is 0.508 e. The first-order valence-corrected chi connectivity index (χ1v) is 19.5. The lowest BCUT2D eigenvalue weighted by atomic mass is 9.69. The molecule has 0 saturated carbocycles. The minimum absolute atomic E-state index is 0.0562. The molecule has 2 N–H and O–H groups in total. The van der Waals surface area contributed by atoms with Crippen molar-refractivity contribution in [2.75, 3.05) is 44.2 Å². The standard InChI is InChI=1S/C45H49FN4O4/c1-30-5-20-42(44(52)47-30)50-29-34-27-36(13-18-41(34)45(50)53)49-24-22-48(23-25-49)21-3-2-4-26-54-38-15-8-32(9-16-38)43-39(31-6-11-35(46)12-7-31)17-10-33-28-37(51)14-19-40(33)43/h6-9,11-16,18-19,27-28,39,42-43,51H,1-5,10,17,20-26,29H2,(H,47,52)/t39-,42?,43+/m1/s1. The number of unbranched alkanes of at least 4 members (excludes halogenated alkanes) is 2. The average Bonchev–Trinajstić information content (AvgIpc) is 3.51. The highest BCUT2D eigenvalue weighted by atomic mass is 19.1. The number of piperidine rings is 1. The number of aromatic hydroxyl groups is 1. The number of halogens is 1. The number of rotatable bonds is 11. The maximum atomic E-state index is 13.8. The molecule has 0 spiro atoms. The minimum Gasteiger partial charge on any atom is -0.508 e. The van der Waals surface area contributed by atoms with Crippen LogP contribution < -0.4 is 15.0 Å². The molecule has 4 aliphatic rings. The zero-order chi connectivity index (χ0) is 37.2. The first-order valence-electron chi connectivity index (χ1n) is 19.5. The van der Waals surface area contributed by atoms with Crippen LogP contribution >= 0.6 is 0 Å². The van der Waals surface area contributed by atoms with Crippen molar-refractivity contribution in [3.63, 3.8) is 0 Å². The Morgan fingerprint density at radius 1 is 0.815 bits per heavy atom. The molecule has 54 heavy (non-hydrogen) atoms. The molecule has 1 unspecified atom stereocenters. The minimum atomic E-state index is -0.437. The van der Waals surface area contributed by atoms with Crippen LogP contribution in [0.5, 0.6) is 11.5 Å². The van der Waals surface area contributed by atoms with E-state index in [4.69, 9.17) is 4.74 Å². The topological polar surface area (TPSA) is 85.4 Å². The first-order chi connectivity index (χ1) is 26.3. The third-order valence-electron chi connectivity index (χ3n) is 11.9. The molecule has 3 atom stereocenters. The van der Waals surface area contributed by atoms with Gasteiger partial charge >= 0.3 is 0 Å². The van der Waals surface area contributed by atoms with Gasteiger partial charge in [0.25, 0.3) is 5.91 Å². The Morgan fingerprint density at radius 3 is 2.37 bits per heavy atom. The molecule has 0 bridgehead atoms. The number of anilines is 1. The summed E-state index contributed by atoms with van der Waals surface area (Å²) in [5, 5.41) is 13.0.